The van der Waals surface area contributed by atoms with Crippen LogP contribution in [0, 0.1) is 12.8 Å². The Labute approximate surface area is 135 Å². The predicted octanol–water partition coefficient (Wildman–Crippen LogP) is 1.97. The van der Waals surface area contributed by atoms with Crippen molar-refractivity contribution in [2.45, 2.75) is 26.2 Å². The minimum atomic E-state index is 0.0416. The third-order valence-electron chi connectivity index (χ3n) is 4.29. The number of rotatable bonds is 5. The molecule has 1 amide bonds. The number of nitrogens with zero attached hydrogens (tertiary/aromatic N) is 3. The lowest BCUT2D eigenvalue weighted by Gasteiger charge is -2.32. The minimum Gasteiger partial charge on any atom is -0.482 e. The van der Waals surface area contributed by atoms with Gasteiger partial charge in [0, 0.05) is 25.0 Å². The zero-order chi connectivity index (χ0) is 16.1. The number of H-pyrrole nitrogens is 1. The molecule has 0 aromatic carbocycles. The van der Waals surface area contributed by atoms with E-state index in [1.165, 1.54) is 11.3 Å². The first-order valence-electron chi connectivity index (χ1n) is 8.02. The number of amides is 1. The maximum atomic E-state index is 12.3. The van der Waals surface area contributed by atoms with E-state index in [1.54, 1.807) is 24.5 Å². The smallest absolute Gasteiger partial charge is 0.260 e. The molecule has 23 heavy (non-hydrogen) atoms. The number of ether oxygens (including phenoxy) is 1. The summed E-state index contributed by atoms with van der Waals surface area (Å²) in [6.07, 6.45) is 8.28. The number of hydrogen-bond donors (Lipinski definition) is 1. The number of hydrogen-bond acceptors (Lipinski definition) is 4. The Bertz CT molecular complexity index is 641. The SMILES string of the molecule is Cc1cn[nH]c1C[C@@H]1CCCN(C(=O)COc2cccnc2)C1. The van der Waals surface area contributed by atoms with Gasteiger partial charge >= 0.3 is 0 Å². The van der Waals surface area contributed by atoms with Crippen molar-refractivity contribution < 1.29 is 9.53 Å². The highest BCUT2D eigenvalue weighted by atomic mass is 16.5. The van der Waals surface area contributed by atoms with Gasteiger partial charge in [-0.15, -0.1) is 0 Å². The highest BCUT2D eigenvalue weighted by Crippen LogP contribution is 2.21. The molecule has 0 bridgehead atoms. The highest BCUT2D eigenvalue weighted by molar-refractivity contribution is 5.77. The lowest BCUT2D eigenvalue weighted by molar-refractivity contribution is -0.135. The van der Waals surface area contributed by atoms with Crippen molar-refractivity contribution in [3.05, 3.63) is 42.0 Å². The predicted molar refractivity (Wildman–Crippen MR) is 86.1 cm³/mol. The van der Waals surface area contributed by atoms with E-state index in [2.05, 4.69) is 22.1 Å². The van der Waals surface area contributed by atoms with E-state index in [1.807, 2.05) is 11.1 Å². The number of pyridine rings is 1. The second-order valence-electron chi connectivity index (χ2n) is 6.06. The van der Waals surface area contributed by atoms with Gasteiger partial charge in [-0.1, -0.05) is 0 Å². The largest absolute Gasteiger partial charge is 0.482 e. The summed E-state index contributed by atoms with van der Waals surface area (Å²) in [7, 11) is 0. The molecule has 0 spiro atoms. The van der Waals surface area contributed by atoms with E-state index in [4.69, 9.17) is 4.74 Å². The summed E-state index contributed by atoms with van der Waals surface area (Å²) in [4.78, 5) is 18.2. The number of aromatic nitrogens is 3. The average molecular weight is 314 g/mol. The van der Waals surface area contributed by atoms with Crippen LogP contribution in [0.5, 0.6) is 5.75 Å². The molecule has 3 heterocycles. The van der Waals surface area contributed by atoms with Crippen LogP contribution in [-0.2, 0) is 11.2 Å². The fourth-order valence-corrected chi connectivity index (χ4v) is 3.00. The number of likely N-dealkylation sites (tertiary alicyclic amines) is 1. The van der Waals surface area contributed by atoms with Crippen LogP contribution in [0.25, 0.3) is 0 Å². The standard InChI is InChI=1S/C17H22N4O2/c1-13-9-19-20-16(13)8-14-4-3-7-21(11-14)17(22)12-23-15-5-2-6-18-10-15/h2,5-6,9-10,14H,3-4,7-8,11-12H2,1H3,(H,19,20)/t14-/m0/s1. The van der Waals surface area contributed by atoms with E-state index >= 15 is 0 Å². The van der Waals surface area contributed by atoms with Gasteiger partial charge in [0.2, 0.25) is 0 Å². The second-order valence-corrected chi connectivity index (χ2v) is 6.06. The van der Waals surface area contributed by atoms with E-state index in [0.717, 1.165) is 32.4 Å². The fraction of sp³-hybridized carbons (Fsp3) is 0.471. The first kappa shape index (κ1) is 15.5. The Kier molecular flexibility index (Phi) is 4.90. The zero-order valence-electron chi connectivity index (χ0n) is 13.4. The summed E-state index contributed by atoms with van der Waals surface area (Å²) in [5, 5.41) is 7.13. The Morgan fingerprint density at radius 3 is 3.13 bits per heavy atom. The van der Waals surface area contributed by atoms with Crippen LogP contribution in [-0.4, -0.2) is 45.7 Å². The molecule has 2 aromatic heterocycles. The Morgan fingerprint density at radius 2 is 2.39 bits per heavy atom. The Balaban J connectivity index is 1.51. The maximum absolute atomic E-state index is 12.3. The molecule has 1 saturated heterocycles. The van der Waals surface area contributed by atoms with Crippen LogP contribution in [0.3, 0.4) is 0 Å². The highest BCUT2D eigenvalue weighted by Gasteiger charge is 2.24. The molecule has 6 nitrogen and oxygen atoms in total. The lowest BCUT2D eigenvalue weighted by atomic mass is 9.92. The Hall–Kier alpha value is -2.37. The van der Waals surface area contributed by atoms with Gasteiger partial charge in [0.25, 0.3) is 5.91 Å². The van der Waals surface area contributed by atoms with Gasteiger partial charge in [0.1, 0.15) is 5.75 Å². The van der Waals surface area contributed by atoms with Crippen molar-refractivity contribution in [3.63, 3.8) is 0 Å². The van der Waals surface area contributed by atoms with Gasteiger partial charge in [0.15, 0.2) is 6.61 Å². The van der Waals surface area contributed by atoms with Gasteiger partial charge in [-0.2, -0.15) is 5.10 Å². The van der Waals surface area contributed by atoms with Crippen molar-refractivity contribution in [2.24, 2.45) is 5.92 Å². The number of aryl methyl sites for hydroxylation is 1. The monoisotopic (exact) mass is 314 g/mol. The third kappa shape index (κ3) is 4.09. The molecule has 6 heteroatoms. The summed E-state index contributed by atoms with van der Waals surface area (Å²) in [5.74, 6) is 1.15. The molecule has 3 rings (SSSR count). The first-order chi connectivity index (χ1) is 11.2. The van der Waals surface area contributed by atoms with E-state index in [9.17, 15) is 4.79 Å². The lowest BCUT2D eigenvalue weighted by Crippen LogP contribution is -2.42. The van der Waals surface area contributed by atoms with Gasteiger partial charge in [-0.05, 0) is 49.8 Å². The number of carbonyl (C=O) groups is 1. The number of nitrogens with one attached hydrogen (secondary N) is 1. The number of carbonyl (C=O) groups excluding carboxylic acids is 1. The summed E-state index contributed by atoms with van der Waals surface area (Å²) >= 11 is 0. The van der Waals surface area contributed by atoms with Crippen LogP contribution in [0.15, 0.2) is 30.7 Å². The van der Waals surface area contributed by atoms with Crippen LogP contribution in [0.4, 0.5) is 0 Å². The topological polar surface area (TPSA) is 71.1 Å². The summed E-state index contributed by atoms with van der Waals surface area (Å²) < 4.78 is 5.51. The van der Waals surface area contributed by atoms with Crippen molar-refractivity contribution in [2.75, 3.05) is 19.7 Å². The van der Waals surface area contributed by atoms with E-state index < -0.39 is 0 Å². The molecule has 1 atom stereocenters. The van der Waals surface area contributed by atoms with Gasteiger partial charge in [0.05, 0.1) is 12.4 Å². The molecular weight excluding hydrogens is 292 g/mol. The van der Waals surface area contributed by atoms with Crippen LogP contribution in [0.1, 0.15) is 24.1 Å². The molecular formula is C17H22N4O2. The molecule has 1 fully saturated rings. The first-order valence-corrected chi connectivity index (χ1v) is 8.02. The molecule has 0 aliphatic carbocycles. The molecule has 0 radical (unpaired) electrons. The van der Waals surface area contributed by atoms with Crippen LogP contribution in [0.2, 0.25) is 0 Å². The minimum absolute atomic E-state index is 0.0416. The second kappa shape index (κ2) is 7.26. The molecule has 2 aromatic rings. The quantitative estimate of drug-likeness (QED) is 0.916. The Morgan fingerprint density at radius 1 is 1.48 bits per heavy atom. The van der Waals surface area contributed by atoms with Crippen molar-refractivity contribution >= 4 is 5.91 Å². The number of piperidine rings is 1. The van der Waals surface area contributed by atoms with Crippen molar-refractivity contribution in [3.8, 4) is 5.75 Å². The molecule has 1 aliphatic heterocycles. The summed E-state index contributed by atoms with van der Waals surface area (Å²) in [6, 6.07) is 3.60. The molecule has 122 valence electrons. The molecule has 1 N–H and O–H groups in total. The maximum Gasteiger partial charge on any atom is 0.260 e. The summed E-state index contributed by atoms with van der Waals surface area (Å²) in [5.41, 5.74) is 2.37. The molecule has 0 unspecified atom stereocenters. The van der Waals surface area contributed by atoms with E-state index in [-0.39, 0.29) is 12.5 Å². The van der Waals surface area contributed by atoms with Gasteiger partial charge in [-0.3, -0.25) is 14.9 Å². The van der Waals surface area contributed by atoms with Gasteiger partial charge in [-0.25, -0.2) is 0 Å². The molecule has 0 saturated carbocycles. The van der Waals surface area contributed by atoms with E-state index in [0.29, 0.717) is 11.7 Å². The fourth-order valence-electron chi connectivity index (χ4n) is 3.00. The van der Waals surface area contributed by atoms with Gasteiger partial charge < -0.3 is 9.64 Å². The summed E-state index contributed by atoms with van der Waals surface area (Å²) in [6.45, 7) is 3.73. The van der Waals surface area contributed by atoms with Crippen LogP contribution < -0.4 is 4.74 Å². The molecule has 1 aliphatic rings. The van der Waals surface area contributed by atoms with Crippen molar-refractivity contribution in [1.29, 1.82) is 0 Å². The number of aromatic amines is 1. The van der Waals surface area contributed by atoms with Crippen LogP contribution >= 0.6 is 0 Å². The average Bonchev–Trinajstić information content (AvgIpc) is 2.99. The van der Waals surface area contributed by atoms with Crippen molar-refractivity contribution in [1.82, 2.24) is 20.1 Å². The zero-order valence-corrected chi connectivity index (χ0v) is 13.4. The normalized spacial score (nSPS) is 18.0. The third-order valence-corrected chi connectivity index (χ3v) is 4.29.